The summed E-state index contributed by atoms with van der Waals surface area (Å²) >= 11 is 6.35. The summed E-state index contributed by atoms with van der Waals surface area (Å²) in [6, 6.07) is 11.3. The van der Waals surface area contributed by atoms with E-state index in [0.717, 1.165) is 28.6 Å². The van der Waals surface area contributed by atoms with Crippen molar-refractivity contribution in [1.29, 1.82) is 0 Å². The number of ether oxygens (including phenoxy) is 1. The third kappa shape index (κ3) is 6.72. The van der Waals surface area contributed by atoms with Crippen LogP contribution in [0.3, 0.4) is 0 Å². The van der Waals surface area contributed by atoms with Crippen LogP contribution in [-0.4, -0.2) is 63.5 Å². The van der Waals surface area contributed by atoms with E-state index in [9.17, 15) is 18.0 Å². The number of hydrogen-bond acceptors (Lipinski definition) is 9. The molecule has 0 atom stereocenters. The van der Waals surface area contributed by atoms with Gasteiger partial charge in [-0.25, -0.2) is 9.97 Å². The van der Waals surface area contributed by atoms with Crippen LogP contribution in [0.25, 0.3) is 0 Å². The third-order valence-corrected chi connectivity index (χ3v) is 7.41. The number of benzene rings is 1. The molecular formula is C29H26ClF3N8O2. The fourth-order valence-electron chi connectivity index (χ4n) is 4.92. The number of anilines is 5. The van der Waals surface area contributed by atoms with Crippen LogP contribution in [0.4, 0.5) is 42.1 Å². The molecule has 4 aromatic rings. The molecule has 0 radical (unpaired) electrons. The summed E-state index contributed by atoms with van der Waals surface area (Å²) < 4.78 is 45.3. The Hall–Kier alpha value is -4.65. The number of halogens is 4. The molecule has 1 aromatic carbocycles. The van der Waals surface area contributed by atoms with Gasteiger partial charge in [0.05, 0.1) is 18.1 Å². The first-order valence-electron chi connectivity index (χ1n) is 13.5. The van der Waals surface area contributed by atoms with E-state index in [1.54, 1.807) is 34.3 Å². The summed E-state index contributed by atoms with van der Waals surface area (Å²) in [6.45, 7) is 1.23. The average molecular weight is 611 g/mol. The van der Waals surface area contributed by atoms with Crippen molar-refractivity contribution in [3.05, 3.63) is 82.9 Å². The maximum Gasteiger partial charge on any atom is 0.433 e. The first-order chi connectivity index (χ1) is 20.7. The molecule has 6 rings (SSSR count). The predicted molar refractivity (Wildman–Crippen MR) is 155 cm³/mol. The number of pyridine rings is 2. The van der Waals surface area contributed by atoms with Gasteiger partial charge in [0.15, 0.2) is 12.4 Å². The smallest absolute Gasteiger partial charge is 0.433 e. The van der Waals surface area contributed by atoms with Crippen LogP contribution in [-0.2, 0) is 23.8 Å². The molecule has 0 aliphatic carbocycles. The SMILES string of the molecule is O=C(COc1ccc2cc1CCc1cncc(c1)Nc1ncc(Cl)c(n1)N2)N1CCN(c2cccc(C(F)(F)F)n2)CC1. The predicted octanol–water partition coefficient (Wildman–Crippen LogP) is 5.25. The highest BCUT2D eigenvalue weighted by Gasteiger charge is 2.33. The summed E-state index contributed by atoms with van der Waals surface area (Å²) in [5.74, 6) is 1.40. The Morgan fingerprint density at radius 2 is 1.79 bits per heavy atom. The van der Waals surface area contributed by atoms with Crippen LogP contribution in [0, 0.1) is 0 Å². The number of aromatic nitrogens is 4. The number of nitrogens with one attached hydrogen (secondary N) is 2. The lowest BCUT2D eigenvalue weighted by Crippen LogP contribution is -2.50. The average Bonchev–Trinajstić information content (AvgIpc) is 3.01. The number of fused-ring (bicyclic) bond motifs is 6. The van der Waals surface area contributed by atoms with Crippen molar-refractivity contribution in [2.75, 3.05) is 48.3 Å². The molecule has 2 N–H and O–H groups in total. The van der Waals surface area contributed by atoms with Crippen molar-refractivity contribution >= 4 is 46.5 Å². The van der Waals surface area contributed by atoms with Crippen LogP contribution < -0.4 is 20.3 Å². The molecule has 2 aliphatic rings. The van der Waals surface area contributed by atoms with Crippen molar-refractivity contribution in [3.63, 3.8) is 0 Å². The number of piperazine rings is 1. The number of aryl methyl sites for hydroxylation is 2. The monoisotopic (exact) mass is 610 g/mol. The summed E-state index contributed by atoms with van der Waals surface area (Å²) in [5, 5.41) is 6.73. The first-order valence-corrected chi connectivity index (χ1v) is 13.9. The van der Waals surface area contributed by atoms with Crippen LogP contribution in [0.15, 0.2) is 61.1 Å². The van der Waals surface area contributed by atoms with E-state index in [2.05, 4.69) is 30.6 Å². The largest absolute Gasteiger partial charge is 0.483 e. The van der Waals surface area contributed by atoms with Gasteiger partial charge >= 0.3 is 6.18 Å². The highest BCUT2D eigenvalue weighted by atomic mass is 35.5. The van der Waals surface area contributed by atoms with Gasteiger partial charge in [-0.05, 0) is 60.4 Å². The van der Waals surface area contributed by atoms with Crippen molar-refractivity contribution in [2.24, 2.45) is 0 Å². The molecule has 0 saturated carbocycles. The molecule has 1 fully saturated rings. The van der Waals surface area contributed by atoms with Gasteiger partial charge in [0.1, 0.15) is 22.3 Å². The summed E-state index contributed by atoms with van der Waals surface area (Å²) in [6.07, 6.45) is 1.75. The van der Waals surface area contributed by atoms with Gasteiger partial charge in [-0.15, -0.1) is 0 Å². The summed E-state index contributed by atoms with van der Waals surface area (Å²) in [4.78, 5) is 33.2. The molecule has 14 heteroatoms. The maximum absolute atomic E-state index is 13.1. The van der Waals surface area contributed by atoms with E-state index >= 15 is 0 Å². The summed E-state index contributed by atoms with van der Waals surface area (Å²) in [5.41, 5.74) is 2.41. The number of nitrogens with zero attached hydrogens (tertiary/aromatic N) is 6. The van der Waals surface area contributed by atoms with Crippen LogP contribution in [0.2, 0.25) is 5.02 Å². The molecule has 1 saturated heterocycles. The van der Waals surface area contributed by atoms with E-state index in [1.165, 1.54) is 12.3 Å². The number of carbonyl (C=O) groups excluding carboxylic acids is 1. The molecular weight excluding hydrogens is 585 g/mol. The second kappa shape index (κ2) is 11.9. The van der Waals surface area contributed by atoms with E-state index in [0.29, 0.717) is 61.6 Å². The molecule has 0 spiro atoms. The minimum Gasteiger partial charge on any atom is -0.483 e. The highest BCUT2D eigenvalue weighted by Crippen LogP contribution is 2.31. The van der Waals surface area contributed by atoms with Gasteiger partial charge in [-0.2, -0.15) is 18.2 Å². The number of hydrogen-bond donors (Lipinski definition) is 2. The van der Waals surface area contributed by atoms with Crippen molar-refractivity contribution in [3.8, 4) is 5.75 Å². The zero-order valence-electron chi connectivity index (χ0n) is 22.7. The molecule has 1 amide bonds. The lowest BCUT2D eigenvalue weighted by atomic mass is 10.0. The van der Waals surface area contributed by atoms with E-state index in [1.807, 2.05) is 18.2 Å². The second-order valence-electron chi connectivity index (χ2n) is 10.1. The van der Waals surface area contributed by atoms with E-state index in [-0.39, 0.29) is 18.3 Å². The lowest BCUT2D eigenvalue weighted by Gasteiger charge is -2.35. The number of alkyl halides is 3. The zero-order valence-corrected chi connectivity index (χ0v) is 23.5. The Morgan fingerprint density at radius 3 is 2.60 bits per heavy atom. The van der Waals surface area contributed by atoms with Gasteiger partial charge in [-0.3, -0.25) is 9.78 Å². The number of rotatable bonds is 4. The third-order valence-electron chi connectivity index (χ3n) is 7.13. The molecule has 10 nitrogen and oxygen atoms in total. The quantitative estimate of drug-likeness (QED) is 0.320. The van der Waals surface area contributed by atoms with Gasteiger partial charge in [0, 0.05) is 38.1 Å². The highest BCUT2D eigenvalue weighted by molar-refractivity contribution is 6.32. The molecule has 2 aliphatic heterocycles. The minimum atomic E-state index is -4.52. The number of carbonyl (C=O) groups is 1. The molecule has 3 aromatic heterocycles. The topological polar surface area (TPSA) is 108 Å². The van der Waals surface area contributed by atoms with E-state index < -0.39 is 11.9 Å². The Labute approximate surface area is 249 Å². The van der Waals surface area contributed by atoms with Crippen molar-refractivity contribution in [2.45, 2.75) is 19.0 Å². The molecule has 5 heterocycles. The Balaban J connectivity index is 1.13. The maximum atomic E-state index is 13.1. The van der Waals surface area contributed by atoms with Crippen molar-refractivity contribution in [1.82, 2.24) is 24.8 Å². The molecule has 43 heavy (non-hydrogen) atoms. The number of amides is 1. The van der Waals surface area contributed by atoms with Crippen LogP contribution >= 0.6 is 11.6 Å². The minimum absolute atomic E-state index is 0.177. The summed E-state index contributed by atoms with van der Waals surface area (Å²) in [7, 11) is 0. The standard InChI is InChI=1S/C29H26ClF3N8O2/c30-22-16-35-28-37-21-12-18(14-34-15-21)4-5-19-13-20(36-27(22)39-28)6-7-23(19)43-17-26(42)41-10-8-40(9-11-41)25-3-1-2-24(38-25)29(31,32)33/h1-3,6-7,12-16H,4-5,8-11,17H2,(H2,35,36,37,39). The zero-order chi connectivity index (χ0) is 30.0. The Kier molecular flexibility index (Phi) is 7.89. The first kappa shape index (κ1) is 28.5. The molecule has 6 bridgehead atoms. The van der Waals surface area contributed by atoms with Gasteiger partial charge in [-0.1, -0.05) is 17.7 Å². The fraction of sp³-hybridized carbons (Fsp3) is 0.276. The second-order valence-corrected chi connectivity index (χ2v) is 10.5. The fourth-order valence-corrected chi connectivity index (χ4v) is 5.06. The molecule has 0 unspecified atom stereocenters. The van der Waals surface area contributed by atoms with Crippen molar-refractivity contribution < 1.29 is 22.7 Å². The van der Waals surface area contributed by atoms with E-state index in [4.69, 9.17) is 16.3 Å². The molecule has 222 valence electrons. The van der Waals surface area contributed by atoms with Gasteiger partial charge < -0.3 is 25.2 Å². The lowest BCUT2D eigenvalue weighted by molar-refractivity contribution is -0.141. The van der Waals surface area contributed by atoms with Gasteiger partial charge in [0.2, 0.25) is 5.95 Å². The normalized spacial score (nSPS) is 14.9. The van der Waals surface area contributed by atoms with Gasteiger partial charge in [0.25, 0.3) is 5.91 Å². The Morgan fingerprint density at radius 1 is 0.953 bits per heavy atom. The van der Waals surface area contributed by atoms with Crippen LogP contribution in [0.1, 0.15) is 16.8 Å². The Bertz CT molecular complexity index is 1650. The van der Waals surface area contributed by atoms with Crippen LogP contribution in [0.5, 0.6) is 5.75 Å².